The molecule has 0 fully saturated rings. The maximum absolute atomic E-state index is 13.4. The van der Waals surface area contributed by atoms with Crippen molar-refractivity contribution in [3.8, 4) is 0 Å². The minimum Gasteiger partial charge on any atom is -0.288 e. The molecule has 0 bridgehead atoms. The Morgan fingerprint density at radius 3 is 2.00 bits per heavy atom. The Morgan fingerprint density at radius 2 is 1.47 bits per heavy atom. The Kier molecular flexibility index (Phi) is 3.57. The van der Waals surface area contributed by atoms with Gasteiger partial charge in [0.15, 0.2) is 5.78 Å². The highest BCUT2D eigenvalue weighted by atomic mass is 35.5. The number of hydrogen-bond acceptors (Lipinski definition) is 1. The normalized spacial score (nSPS) is 10.6. The largest absolute Gasteiger partial charge is 0.288 e. The molecular formula is C13H5ClF4O. The molecule has 0 aliphatic carbocycles. The van der Waals surface area contributed by atoms with Crippen molar-refractivity contribution in [2.75, 3.05) is 0 Å². The van der Waals surface area contributed by atoms with E-state index in [2.05, 4.69) is 0 Å². The van der Waals surface area contributed by atoms with Crippen molar-refractivity contribution in [1.29, 1.82) is 0 Å². The second kappa shape index (κ2) is 5.01. The van der Waals surface area contributed by atoms with Crippen LogP contribution < -0.4 is 0 Å². The van der Waals surface area contributed by atoms with Gasteiger partial charge in [-0.2, -0.15) is 0 Å². The molecule has 0 amide bonds. The Labute approximate surface area is 110 Å². The van der Waals surface area contributed by atoms with Crippen molar-refractivity contribution >= 4 is 17.4 Å². The van der Waals surface area contributed by atoms with E-state index in [1.54, 1.807) is 0 Å². The van der Waals surface area contributed by atoms with Crippen LogP contribution in [0, 0.1) is 23.3 Å². The third kappa shape index (κ3) is 2.61. The second-order valence-electron chi connectivity index (χ2n) is 3.70. The summed E-state index contributed by atoms with van der Waals surface area (Å²) in [4.78, 5) is 11.9. The van der Waals surface area contributed by atoms with E-state index in [0.29, 0.717) is 12.1 Å². The molecule has 1 nitrogen and oxygen atoms in total. The first-order valence-electron chi connectivity index (χ1n) is 5.04. The maximum Gasteiger partial charge on any atom is 0.199 e. The number of rotatable bonds is 2. The third-order valence-electron chi connectivity index (χ3n) is 2.42. The highest BCUT2D eigenvalue weighted by molar-refractivity contribution is 6.30. The molecular weight excluding hydrogens is 284 g/mol. The van der Waals surface area contributed by atoms with Crippen molar-refractivity contribution in [3.05, 3.63) is 69.8 Å². The molecule has 2 aromatic rings. The third-order valence-corrected chi connectivity index (χ3v) is 2.72. The zero-order chi connectivity index (χ0) is 14.2. The quantitative estimate of drug-likeness (QED) is 0.600. The van der Waals surface area contributed by atoms with E-state index in [1.165, 1.54) is 0 Å². The summed E-state index contributed by atoms with van der Waals surface area (Å²) in [5.74, 6) is -5.83. The molecule has 0 aliphatic rings. The number of carbonyl (C=O) groups excluding carboxylic acids is 1. The van der Waals surface area contributed by atoms with Crippen LogP contribution in [-0.2, 0) is 0 Å². The number of hydrogen-bond donors (Lipinski definition) is 0. The predicted octanol–water partition coefficient (Wildman–Crippen LogP) is 4.13. The van der Waals surface area contributed by atoms with Crippen molar-refractivity contribution in [2.24, 2.45) is 0 Å². The van der Waals surface area contributed by atoms with E-state index in [9.17, 15) is 22.4 Å². The van der Waals surface area contributed by atoms with Crippen molar-refractivity contribution in [3.63, 3.8) is 0 Å². The van der Waals surface area contributed by atoms with Crippen LogP contribution in [0.4, 0.5) is 17.6 Å². The van der Waals surface area contributed by atoms with Gasteiger partial charge in [-0.25, -0.2) is 17.6 Å². The average Bonchev–Trinajstić information content (AvgIpc) is 2.31. The van der Waals surface area contributed by atoms with Crippen molar-refractivity contribution < 1.29 is 22.4 Å². The molecule has 2 rings (SSSR count). The molecule has 0 radical (unpaired) electrons. The van der Waals surface area contributed by atoms with Crippen molar-refractivity contribution in [2.45, 2.75) is 0 Å². The van der Waals surface area contributed by atoms with E-state index < -0.39 is 34.6 Å². The van der Waals surface area contributed by atoms with Crippen LogP contribution in [0.15, 0.2) is 30.3 Å². The van der Waals surface area contributed by atoms with Crippen LogP contribution >= 0.6 is 11.6 Å². The van der Waals surface area contributed by atoms with Gasteiger partial charge in [0.2, 0.25) is 0 Å². The van der Waals surface area contributed by atoms with Gasteiger partial charge in [0.05, 0.1) is 10.6 Å². The fraction of sp³-hybridized carbons (Fsp3) is 0. The molecule has 0 heterocycles. The van der Waals surface area contributed by atoms with Crippen LogP contribution in [0.1, 0.15) is 15.9 Å². The summed E-state index contributed by atoms with van der Waals surface area (Å²) in [5, 5.41) is -0.225. The molecule has 0 saturated heterocycles. The number of halogens is 5. The standard InChI is InChI=1S/C13H5ClF4O/c14-8-2-1-6(3-9(8)16)13(19)12-10(17)4-7(15)5-11(12)18/h1-5H. The Morgan fingerprint density at radius 1 is 0.895 bits per heavy atom. The van der Waals surface area contributed by atoms with E-state index in [1.807, 2.05) is 0 Å². The lowest BCUT2D eigenvalue weighted by atomic mass is 10.0. The molecule has 0 spiro atoms. The number of benzene rings is 2. The minimum atomic E-state index is -1.35. The molecule has 2 aromatic carbocycles. The summed E-state index contributed by atoms with van der Waals surface area (Å²) in [6, 6.07) is 3.72. The smallest absolute Gasteiger partial charge is 0.199 e. The first-order valence-corrected chi connectivity index (χ1v) is 5.42. The van der Waals surface area contributed by atoms with Gasteiger partial charge in [0.25, 0.3) is 0 Å². The summed E-state index contributed by atoms with van der Waals surface area (Å²) in [7, 11) is 0. The molecule has 0 unspecified atom stereocenters. The van der Waals surface area contributed by atoms with E-state index in [0.717, 1.165) is 18.2 Å². The minimum absolute atomic E-state index is 0.225. The lowest BCUT2D eigenvalue weighted by Gasteiger charge is -2.05. The lowest BCUT2D eigenvalue weighted by Crippen LogP contribution is -2.08. The first-order chi connectivity index (χ1) is 8.90. The highest BCUT2D eigenvalue weighted by Crippen LogP contribution is 2.21. The Hall–Kier alpha value is -1.88. The van der Waals surface area contributed by atoms with Crippen molar-refractivity contribution in [1.82, 2.24) is 0 Å². The summed E-state index contributed by atoms with van der Waals surface area (Å²) in [6.07, 6.45) is 0. The summed E-state index contributed by atoms with van der Waals surface area (Å²) >= 11 is 5.43. The van der Waals surface area contributed by atoms with Gasteiger partial charge in [-0.1, -0.05) is 11.6 Å². The topological polar surface area (TPSA) is 17.1 Å². The molecule has 0 aromatic heterocycles. The molecule has 0 N–H and O–H groups in total. The van der Waals surface area contributed by atoms with Gasteiger partial charge >= 0.3 is 0 Å². The molecule has 0 atom stereocenters. The van der Waals surface area contributed by atoms with Crippen LogP contribution in [0.2, 0.25) is 5.02 Å². The van der Waals surface area contributed by atoms with Gasteiger partial charge in [0.1, 0.15) is 23.3 Å². The molecule has 0 aliphatic heterocycles. The van der Waals surface area contributed by atoms with Crippen LogP contribution in [0.5, 0.6) is 0 Å². The lowest BCUT2D eigenvalue weighted by molar-refractivity contribution is 0.103. The van der Waals surface area contributed by atoms with Crippen LogP contribution in [-0.4, -0.2) is 5.78 Å². The van der Waals surface area contributed by atoms with E-state index >= 15 is 0 Å². The zero-order valence-corrected chi connectivity index (χ0v) is 9.94. The van der Waals surface area contributed by atoms with Gasteiger partial charge in [-0.3, -0.25) is 4.79 Å². The van der Waals surface area contributed by atoms with Gasteiger partial charge < -0.3 is 0 Å². The fourth-order valence-electron chi connectivity index (χ4n) is 1.54. The predicted molar refractivity (Wildman–Crippen MR) is 61.2 cm³/mol. The highest BCUT2D eigenvalue weighted by Gasteiger charge is 2.21. The number of carbonyl (C=O) groups is 1. The zero-order valence-electron chi connectivity index (χ0n) is 9.18. The first kappa shape index (κ1) is 13.5. The molecule has 19 heavy (non-hydrogen) atoms. The molecule has 0 saturated carbocycles. The summed E-state index contributed by atoms with van der Waals surface area (Å²) in [6.45, 7) is 0. The van der Waals surface area contributed by atoms with Gasteiger partial charge in [-0.15, -0.1) is 0 Å². The SMILES string of the molecule is O=C(c1ccc(Cl)c(F)c1)c1c(F)cc(F)cc1F. The van der Waals surface area contributed by atoms with Gasteiger partial charge in [-0.05, 0) is 18.2 Å². The van der Waals surface area contributed by atoms with E-state index in [4.69, 9.17) is 11.6 Å². The average molecular weight is 289 g/mol. The molecule has 6 heteroatoms. The van der Waals surface area contributed by atoms with E-state index in [-0.39, 0.29) is 10.6 Å². The number of ketones is 1. The second-order valence-corrected chi connectivity index (χ2v) is 4.11. The maximum atomic E-state index is 13.4. The monoisotopic (exact) mass is 288 g/mol. The summed E-state index contributed by atoms with van der Waals surface area (Å²) < 4.78 is 52.7. The van der Waals surface area contributed by atoms with Gasteiger partial charge in [0, 0.05) is 17.7 Å². The Bertz CT molecular complexity index is 647. The summed E-state index contributed by atoms with van der Waals surface area (Å²) in [5.41, 5.74) is -1.23. The Balaban J connectivity index is 2.53. The molecule has 98 valence electrons. The van der Waals surface area contributed by atoms with Crippen LogP contribution in [0.25, 0.3) is 0 Å². The fourth-order valence-corrected chi connectivity index (χ4v) is 1.66. The van der Waals surface area contributed by atoms with Crippen LogP contribution in [0.3, 0.4) is 0 Å².